The van der Waals surface area contributed by atoms with Crippen molar-refractivity contribution >= 4 is 21.6 Å². The molecule has 0 amide bonds. The maximum Gasteiger partial charge on any atom is 0.269 e. The van der Waals surface area contributed by atoms with Gasteiger partial charge in [-0.25, -0.2) is 12.7 Å². The van der Waals surface area contributed by atoms with Crippen LogP contribution < -0.4 is 5.32 Å². The molecule has 9 heteroatoms. The van der Waals surface area contributed by atoms with Crippen molar-refractivity contribution in [3.8, 4) is 0 Å². The molecule has 1 saturated heterocycles. The van der Waals surface area contributed by atoms with Crippen molar-refractivity contribution in [1.82, 2.24) is 4.31 Å². The van der Waals surface area contributed by atoms with Crippen molar-refractivity contribution in [3.63, 3.8) is 0 Å². The predicted molar refractivity (Wildman–Crippen MR) is 68.3 cm³/mol. The number of benzene rings is 1. The van der Waals surface area contributed by atoms with Crippen LogP contribution in [-0.2, 0) is 10.2 Å². The molecule has 8 nitrogen and oxygen atoms in total. The smallest absolute Gasteiger partial charge is 0.269 e. The molecule has 1 aliphatic rings. The first-order valence-electron chi connectivity index (χ1n) is 5.78. The van der Waals surface area contributed by atoms with Gasteiger partial charge in [0.1, 0.15) is 0 Å². The van der Waals surface area contributed by atoms with Gasteiger partial charge in [-0.3, -0.25) is 10.1 Å². The highest BCUT2D eigenvalue weighted by Crippen LogP contribution is 2.26. The van der Waals surface area contributed by atoms with Gasteiger partial charge in [0.15, 0.2) is 10.2 Å². The standard InChI is InChI=1S/C10H13N4O4S/c15-14(16)10-3-1-9(2-4-10)12-19(17,18)13-7-5-11-6-8-13/h1-4,11H,5-8H2/q-1/p+1. The predicted octanol–water partition coefficient (Wildman–Crippen LogP) is -0.276. The summed E-state index contributed by atoms with van der Waals surface area (Å²) < 4.78 is 29.0. The van der Waals surface area contributed by atoms with Crippen molar-refractivity contribution in [2.75, 3.05) is 26.2 Å². The van der Waals surface area contributed by atoms with Gasteiger partial charge in [0.2, 0.25) is 0 Å². The molecule has 0 bridgehead atoms. The number of nitrogens with two attached hydrogens (primary N) is 1. The van der Waals surface area contributed by atoms with Crippen LogP contribution in [0.4, 0.5) is 11.4 Å². The molecule has 0 aliphatic carbocycles. The van der Waals surface area contributed by atoms with E-state index < -0.39 is 15.1 Å². The summed E-state index contributed by atoms with van der Waals surface area (Å²) in [6.07, 6.45) is 0. The van der Waals surface area contributed by atoms with Gasteiger partial charge in [0.25, 0.3) is 5.69 Å². The number of rotatable bonds is 4. The van der Waals surface area contributed by atoms with Gasteiger partial charge in [-0.15, -0.1) is 5.69 Å². The van der Waals surface area contributed by atoms with Crippen molar-refractivity contribution in [3.05, 3.63) is 39.1 Å². The van der Waals surface area contributed by atoms with E-state index in [-0.39, 0.29) is 11.4 Å². The van der Waals surface area contributed by atoms with E-state index in [9.17, 15) is 18.5 Å². The van der Waals surface area contributed by atoms with Crippen LogP contribution in [0.15, 0.2) is 24.3 Å². The summed E-state index contributed by atoms with van der Waals surface area (Å²) >= 11 is 0. The van der Waals surface area contributed by atoms with Gasteiger partial charge >= 0.3 is 0 Å². The van der Waals surface area contributed by atoms with Crippen molar-refractivity contribution < 1.29 is 18.7 Å². The molecule has 104 valence electrons. The number of piperazine rings is 1. The molecule has 2 rings (SSSR count). The Morgan fingerprint density at radius 1 is 1.21 bits per heavy atom. The van der Waals surface area contributed by atoms with Gasteiger partial charge in [-0.05, 0) is 0 Å². The zero-order valence-corrected chi connectivity index (χ0v) is 10.9. The maximum atomic E-state index is 12.0. The first-order chi connectivity index (χ1) is 8.99. The van der Waals surface area contributed by atoms with Crippen LogP contribution in [0.2, 0.25) is 0 Å². The highest BCUT2D eigenvalue weighted by molar-refractivity contribution is 7.92. The third-order valence-corrected chi connectivity index (χ3v) is 4.23. The Bertz CT molecular complexity index is 551. The molecule has 19 heavy (non-hydrogen) atoms. The van der Waals surface area contributed by atoms with E-state index in [0.29, 0.717) is 13.1 Å². The molecule has 0 atom stereocenters. The summed E-state index contributed by atoms with van der Waals surface area (Å²) in [7, 11) is -3.70. The molecule has 1 fully saturated rings. The molecule has 0 saturated carbocycles. The Labute approximate surface area is 110 Å². The minimum absolute atomic E-state index is 0.0936. The Hall–Kier alpha value is -1.71. The van der Waals surface area contributed by atoms with Gasteiger partial charge in [0.05, 0.1) is 31.1 Å². The SMILES string of the molecule is O=[N+]([O-])c1ccc([N-]S(=O)(=O)N2CC[NH2+]CC2)cc1. The number of nitro benzene ring substituents is 1. The Kier molecular flexibility index (Phi) is 3.98. The van der Waals surface area contributed by atoms with Crippen molar-refractivity contribution in [2.24, 2.45) is 0 Å². The van der Waals surface area contributed by atoms with Gasteiger partial charge in [-0.1, -0.05) is 12.1 Å². The molecule has 0 unspecified atom stereocenters. The number of nitrogens with zero attached hydrogens (tertiary/aromatic N) is 3. The zero-order valence-electron chi connectivity index (χ0n) is 10.1. The highest BCUT2D eigenvalue weighted by Gasteiger charge is 2.19. The van der Waals surface area contributed by atoms with Crippen LogP contribution in [0.3, 0.4) is 0 Å². The normalized spacial score (nSPS) is 17.1. The fourth-order valence-electron chi connectivity index (χ4n) is 1.78. The van der Waals surface area contributed by atoms with E-state index in [4.69, 9.17) is 0 Å². The fraction of sp³-hybridized carbons (Fsp3) is 0.400. The number of hydrogen-bond acceptors (Lipinski definition) is 4. The van der Waals surface area contributed by atoms with Crippen LogP contribution in [0.1, 0.15) is 0 Å². The van der Waals surface area contributed by atoms with Gasteiger partial charge in [0, 0.05) is 12.1 Å². The molecule has 1 heterocycles. The van der Waals surface area contributed by atoms with Crippen molar-refractivity contribution in [1.29, 1.82) is 0 Å². The lowest BCUT2D eigenvalue weighted by Crippen LogP contribution is -2.89. The summed E-state index contributed by atoms with van der Waals surface area (Å²) in [5.41, 5.74) is 0.101. The molecule has 1 aromatic rings. The number of nitro groups is 1. The summed E-state index contributed by atoms with van der Waals surface area (Å²) in [6, 6.07) is 5.12. The molecule has 0 radical (unpaired) electrons. The third kappa shape index (κ3) is 3.40. The van der Waals surface area contributed by atoms with Crippen LogP contribution in [0.5, 0.6) is 0 Å². The first-order valence-corrected chi connectivity index (χ1v) is 7.18. The van der Waals surface area contributed by atoms with E-state index >= 15 is 0 Å². The Morgan fingerprint density at radius 3 is 2.32 bits per heavy atom. The van der Waals surface area contributed by atoms with Crippen molar-refractivity contribution in [2.45, 2.75) is 0 Å². The number of hydrogen-bond donors (Lipinski definition) is 1. The lowest BCUT2D eigenvalue weighted by Gasteiger charge is -2.32. The molecule has 0 aromatic heterocycles. The molecular formula is C10H14N4O4S. The monoisotopic (exact) mass is 286 g/mol. The number of quaternary nitrogens is 1. The van der Waals surface area contributed by atoms with Gasteiger partial charge < -0.3 is 10.0 Å². The van der Waals surface area contributed by atoms with E-state index in [1.54, 1.807) is 0 Å². The first kappa shape index (κ1) is 13.7. The Morgan fingerprint density at radius 2 is 1.79 bits per heavy atom. The second kappa shape index (κ2) is 5.51. The molecular weight excluding hydrogens is 272 g/mol. The molecule has 1 aliphatic heterocycles. The average Bonchev–Trinajstić information content (AvgIpc) is 2.40. The van der Waals surface area contributed by atoms with E-state index in [1.165, 1.54) is 28.6 Å². The minimum atomic E-state index is -3.70. The van der Waals surface area contributed by atoms with Crippen LogP contribution in [0.25, 0.3) is 4.72 Å². The second-order valence-corrected chi connectivity index (χ2v) is 5.70. The zero-order chi connectivity index (χ0) is 13.9. The second-order valence-electron chi connectivity index (χ2n) is 4.11. The van der Waals surface area contributed by atoms with E-state index in [1.807, 2.05) is 5.32 Å². The molecule has 2 N–H and O–H groups in total. The quantitative estimate of drug-likeness (QED) is 0.606. The maximum absolute atomic E-state index is 12.0. The fourth-order valence-corrected chi connectivity index (χ4v) is 2.96. The summed E-state index contributed by atoms with van der Waals surface area (Å²) in [5, 5.41) is 12.5. The van der Waals surface area contributed by atoms with Crippen LogP contribution in [-0.4, -0.2) is 43.8 Å². The highest BCUT2D eigenvalue weighted by atomic mass is 32.2. The largest absolute Gasteiger partial charge is 0.564 e. The lowest BCUT2D eigenvalue weighted by molar-refractivity contribution is -0.661. The number of non-ortho nitro benzene ring substituents is 1. The van der Waals surface area contributed by atoms with Crippen LogP contribution in [0, 0.1) is 10.1 Å². The minimum Gasteiger partial charge on any atom is -0.564 e. The van der Waals surface area contributed by atoms with Gasteiger partial charge in [-0.2, -0.15) is 0 Å². The molecule has 0 spiro atoms. The average molecular weight is 286 g/mol. The topological polar surface area (TPSA) is 111 Å². The summed E-state index contributed by atoms with van der Waals surface area (Å²) in [4.78, 5) is 9.95. The van der Waals surface area contributed by atoms with Crippen LogP contribution >= 0.6 is 0 Å². The third-order valence-electron chi connectivity index (χ3n) is 2.77. The summed E-state index contributed by atoms with van der Waals surface area (Å²) in [6.45, 7) is 2.29. The molecule has 1 aromatic carbocycles. The Balaban J connectivity index is 2.09. The van der Waals surface area contributed by atoms with E-state index in [0.717, 1.165) is 13.1 Å². The summed E-state index contributed by atoms with van der Waals surface area (Å²) in [5.74, 6) is 0. The lowest BCUT2D eigenvalue weighted by atomic mass is 10.3. The van der Waals surface area contributed by atoms with E-state index in [2.05, 4.69) is 4.72 Å².